The van der Waals surface area contributed by atoms with E-state index in [1.807, 2.05) is 0 Å². The standard InChI is InChI=1S/C16H20FNO5/c1-16(2,3)23-15(21)12(19)13-14(20)18(8-9-22-13)11-6-4-10(17)5-7-11/h4-7,12-13,19H,8-9H2,1-3H3/t12-,13-/m1/s1. The van der Waals surface area contributed by atoms with Gasteiger partial charge < -0.3 is 19.5 Å². The maximum atomic E-state index is 13.0. The number of hydrogen-bond acceptors (Lipinski definition) is 5. The highest BCUT2D eigenvalue weighted by atomic mass is 19.1. The number of halogens is 1. The largest absolute Gasteiger partial charge is 0.458 e. The number of aliphatic hydroxyl groups is 1. The lowest BCUT2D eigenvalue weighted by molar-refractivity contribution is -0.177. The molecule has 126 valence electrons. The lowest BCUT2D eigenvalue weighted by Crippen LogP contribution is -2.55. The van der Waals surface area contributed by atoms with Crippen molar-refractivity contribution in [2.75, 3.05) is 18.1 Å². The van der Waals surface area contributed by atoms with Crippen LogP contribution in [0.1, 0.15) is 20.8 Å². The van der Waals surface area contributed by atoms with Crippen LogP contribution in [-0.2, 0) is 19.1 Å². The summed E-state index contributed by atoms with van der Waals surface area (Å²) in [5, 5.41) is 10.1. The normalized spacial score (nSPS) is 20.3. The van der Waals surface area contributed by atoms with Crippen LogP contribution in [0.5, 0.6) is 0 Å². The van der Waals surface area contributed by atoms with Gasteiger partial charge in [-0.25, -0.2) is 9.18 Å². The minimum Gasteiger partial charge on any atom is -0.458 e. The van der Waals surface area contributed by atoms with E-state index >= 15 is 0 Å². The van der Waals surface area contributed by atoms with Gasteiger partial charge in [-0.15, -0.1) is 0 Å². The second kappa shape index (κ2) is 6.64. The van der Waals surface area contributed by atoms with Gasteiger partial charge in [0.25, 0.3) is 5.91 Å². The van der Waals surface area contributed by atoms with Crippen molar-refractivity contribution >= 4 is 17.6 Å². The lowest BCUT2D eigenvalue weighted by atomic mass is 10.1. The second-order valence-corrected chi connectivity index (χ2v) is 6.24. The summed E-state index contributed by atoms with van der Waals surface area (Å²) in [5.74, 6) is -1.90. The van der Waals surface area contributed by atoms with Crippen molar-refractivity contribution in [2.45, 2.75) is 38.6 Å². The van der Waals surface area contributed by atoms with Gasteiger partial charge in [-0.2, -0.15) is 0 Å². The van der Waals surface area contributed by atoms with Gasteiger partial charge in [0.15, 0.2) is 12.2 Å². The fourth-order valence-electron chi connectivity index (χ4n) is 2.20. The summed E-state index contributed by atoms with van der Waals surface area (Å²) >= 11 is 0. The van der Waals surface area contributed by atoms with Crippen LogP contribution in [0, 0.1) is 5.82 Å². The van der Waals surface area contributed by atoms with Crippen LogP contribution >= 0.6 is 0 Å². The first kappa shape index (κ1) is 17.4. The molecular weight excluding hydrogens is 305 g/mol. The molecule has 1 amide bonds. The number of esters is 1. The Balaban J connectivity index is 2.13. The van der Waals surface area contributed by atoms with E-state index in [9.17, 15) is 19.1 Å². The number of aliphatic hydroxyl groups excluding tert-OH is 1. The smallest absolute Gasteiger partial charge is 0.338 e. The number of anilines is 1. The molecule has 0 aliphatic carbocycles. The Morgan fingerprint density at radius 1 is 1.39 bits per heavy atom. The third-order valence-corrected chi connectivity index (χ3v) is 3.20. The highest BCUT2D eigenvalue weighted by Gasteiger charge is 2.41. The molecule has 1 fully saturated rings. The molecule has 1 aliphatic heterocycles. The van der Waals surface area contributed by atoms with Gasteiger partial charge in [0.05, 0.1) is 6.61 Å². The average Bonchev–Trinajstić information content (AvgIpc) is 2.46. The molecule has 7 heteroatoms. The first-order valence-corrected chi connectivity index (χ1v) is 7.28. The van der Waals surface area contributed by atoms with Gasteiger partial charge in [-0.1, -0.05) is 0 Å². The van der Waals surface area contributed by atoms with Crippen LogP contribution in [0.2, 0.25) is 0 Å². The third kappa shape index (κ3) is 4.27. The van der Waals surface area contributed by atoms with E-state index in [0.29, 0.717) is 5.69 Å². The van der Waals surface area contributed by atoms with Crippen molar-refractivity contribution in [3.63, 3.8) is 0 Å². The number of morpholine rings is 1. The number of rotatable bonds is 3. The van der Waals surface area contributed by atoms with Gasteiger partial charge in [-0.3, -0.25) is 4.79 Å². The fourth-order valence-corrected chi connectivity index (χ4v) is 2.20. The third-order valence-electron chi connectivity index (χ3n) is 3.20. The Bertz CT molecular complexity index is 581. The van der Waals surface area contributed by atoms with Crippen molar-refractivity contribution in [1.29, 1.82) is 0 Å². The van der Waals surface area contributed by atoms with Crippen molar-refractivity contribution < 1.29 is 28.6 Å². The van der Waals surface area contributed by atoms with Crippen LogP contribution in [0.25, 0.3) is 0 Å². The Hall–Kier alpha value is -1.99. The summed E-state index contributed by atoms with van der Waals surface area (Å²) in [5.41, 5.74) is -0.312. The molecular formula is C16H20FNO5. The zero-order valence-electron chi connectivity index (χ0n) is 13.3. The summed E-state index contributed by atoms with van der Waals surface area (Å²) in [6.07, 6.45) is -3.06. The summed E-state index contributed by atoms with van der Waals surface area (Å²) in [7, 11) is 0. The molecule has 1 aromatic rings. The summed E-state index contributed by atoms with van der Waals surface area (Å²) in [6.45, 7) is 5.37. The molecule has 0 spiro atoms. The molecule has 23 heavy (non-hydrogen) atoms. The second-order valence-electron chi connectivity index (χ2n) is 6.24. The molecule has 1 N–H and O–H groups in total. The Morgan fingerprint density at radius 2 is 2.00 bits per heavy atom. The predicted molar refractivity (Wildman–Crippen MR) is 80.3 cm³/mol. The number of carbonyl (C=O) groups is 2. The summed E-state index contributed by atoms with van der Waals surface area (Å²) < 4.78 is 23.3. The van der Waals surface area contributed by atoms with E-state index in [0.717, 1.165) is 0 Å². The summed E-state index contributed by atoms with van der Waals surface area (Å²) in [6, 6.07) is 5.37. The predicted octanol–water partition coefficient (Wildman–Crippen LogP) is 1.26. The SMILES string of the molecule is CC(C)(C)OC(=O)[C@H](O)[C@H]1OCCN(c2ccc(F)cc2)C1=O. The van der Waals surface area contributed by atoms with E-state index in [4.69, 9.17) is 9.47 Å². The van der Waals surface area contributed by atoms with Gasteiger partial charge in [0.2, 0.25) is 0 Å². The quantitative estimate of drug-likeness (QED) is 0.847. The van der Waals surface area contributed by atoms with Gasteiger partial charge in [-0.05, 0) is 45.0 Å². The topological polar surface area (TPSA) is 76.1 Å². The number of carbonyl (C=O) groups excluding carboxylic acids is 2. The van der Waals surface area contributed by atoms with Crippen LogP contribution < -0.4 is 4.90 Å². The van der Waals surface area contributed by atoms with Gasteiger partial charge >= 0.3 is 5.97 Å². The van der Waals surface area contributed by atoms with E-state index in [2.05, 4.69) is 0 Å². The maximum absolute atomic E-state index is 13.0. The molecule has 2 rings (SSSR count). The van der Waals surface area contributed by atoms with Crippen molar-refractivity contribution in [1.82, 2.24) is 0 Å². The number of amides is 1. The van der Waals surface area contributed by atoms with Crippen LogP contribution in [-0.4, -0.2) is 47.9 Å². The molecule has 1 saturated heterocycles. The van der Waals surface area contributed by atoms with Crippen LogP contribution in [0.4, 0.5) is 10.1 Å². The Kier molecular flexibility index (Phi) is 5.01. The first-order valence-electron chi connectivity index (χ1n) is 7.28. The number of hydrogen-bond donors (Lipinski definition) is 1. The highest BCUT2D eigenvalue weighted by molar-refractivity contribution is 6.00. The van der Waals surface area contributed by atoms with E-state index < -0.39 is 35.5 Å². The molecule has 0 unspecified atom stereocenters. The zero-order valence-corrected chi connectivity index (χ0v) is 13.3. The fraction of sp³-hybridized carbons (Fsp3) is 0.500. The van der Waals surface area contributed by atoms with Crippen molar-refractivity contribution in [3.8, 4) is 0 Å². The molecule has 0 bridgehead atoms. The highest BCUT2D eigenvalue weighted by Crippen LogP contribution is 2.21. The van der Waals surface area contributed by atoms with Crippen molar-refractivity contribution in [3.05, 3.63) is 30.1 Å². The minimum atomic E-state index is -1.72. The van der Waals surface area contributed by atoms with Crippen LogP contribution in [0.3, 0.4) is 0 Å². The number of ether oxygens (including phenoxy) is 2. The van der Waals surface area contributed by atoms with E-state index in [-0.39, 0.29) is 13.2 Å². The van der Waals surface area contributed by atoms with Gasteiger partial charge in [0.1, 0.15) is 11.4 Å². The van der Waals surface area contributed by atoms with E-state index in [1.54, 1.807) is 20.8 Å². The lowest BCUT2D eigenvalue weighted by Gasteiger charge is -2.34. The van der Waals surface area contributed by atoms with Crippen molar-refractivity contribution in [2.24, 2.45) is 0 Å². The molecule has 6 nitrogen and oxygen atoms in total. The zero-order chi connectivity index (χ0) is 17.2. The minimum absolute atomic E-state index is 0.146. The Labute approximate surface area is 133 Å². The van der Waals surface area contributed by atoms with E-state index in [1.165, 1.54) is 29.2 Å². The number of nitrogens with zero attached hydrogens (tertiary/aromatic N) is 1. The average molecular weight is 325 g/mol. The molecule has 0 saturated carbocycles. The molecule has 1 aromatic carbocycles. The number of benzene rings is 1. The van der Waals surface area contributed by atoms with Gasteiger partial charge in [0, 0.05) is 12.2 Å². The molecule has 1 aliphatic rings. The van der Waals surface area contributed by atoms with Crippen LogP contribution in [0.15, 0.2) is 24.3 Å². The molecule has 1 heterocycles. The monoisotopic (exact) mass is 325 g/mol. The summed E-state index contributed by atoms with van der Waals surface area (Å²) in [4.78, 5) is 25.7. The Morgan fingerprint density at radius 3 is 2.57 bits per heavy atom. The maximum Gasteiger partial charge on any atom is 0.338 e. The molecule has 0 radical (unpaired) electrons. The molecule has 2 atom stereocenters. The molecule has 0 aromatic heterocycles. The first-order chi connectivity index (χ1) is 10.7.